The molecule has 124 valence electrons. The van der Waals surface area contributed by atoms with Crippen molar-refractivity contribution in [2.24, 2.45) is 0 Å². The third kappa shape index (κ3) is 2.46. The summed E-state index contributed by atoms with van der Waals surface area (Å²) in [6.07, 6.45) is 3.50. The number of nitrogens with one attached hydrogen (secondary N) is 2. The summed E-state index contributed by atoms with van der Waals surface area (Å²) >= 11 is 6.23. The van der Waals surface area contributed by atoms with E-state index in [1.54, 1.807) is 12.4 Å². The average Bonchev–Trinajstić information content (AvgIpc) is 3.02. The van der Waals surface area contributed by atoms with Crippen LogP contribution in [0.2, 0.25) is 5.02 Å². The zero-order valence-electron chi connectivity index (χ0n) is 13.0. The zero-order chi connectivity index (χ0) is 16.7. The summed E-state index contributed by atoms with van der Waals surface area (Å²) in [7, 11) is 0. The first-order chi connectivity index (χ1) is 11.6. The zero-order valence-corrected chi connectivity index (χ0v) is 13.8. The van der Waals surface area contributed by atoms with E-state index in [1.807, 2.05) is 24.0 Å². The monoisotopic (exact) mass is 345 g/mol. The summed E-state index contributed by atoms with van der Waals surface area (Å²) in [5.74, 6) is 0.960. The van der Waals surface area contributed by atoms with Gasteiger partial charge in [0.2, 0.25) is 0 Å². The van der Waals surface area contributed by atoms with Gasteiger partial charge in [0, 0.05) is 29.9 Å². The molecule has 8 heteroatoms. The minimum Gasteiger partial charge on any atom is -0.377 e. The van der Waals surface area contributed by atoms with E-state index in [1.165, 1.54) is 0 Å². The van der Waals surface area contributed by atoms with E-state index < -0.39 is 0 Å². The van der Waals surface area contributed by atoms with Gasteiger partial charge in [-0.1, -0.05) is 11.6 Å². The number of anilines is 1. The summed E-state index contributed by atoms with van der Waals surface area (Å²) in [6.45, 7) is 3.83. The highest BCUT2D eigenvalue weighted by Crippen LogP contribution is 2.29. The Morgan fingerprint density at radius 3 is 3.17 bits per heavy atom. The summed E-state index contributed by atoms with van der Waals surface area (Å²) in [5, 5.41) is 0.995. The van der Waals surface area contributed by atoms with Crippen molar-refractivity contribution in [1.82, 2.24) is 19.9 Å². The van der Waals surface area contributed by atoms with Gasteiger partial charge < -0.3 is 19.6 Å². The molecule has 0 aromatic carbocycles. The SMILES string of the molecule is CC1COCCN1c1nc(-c2c[nH]c3ncccc23)[nH]c(=O)c1Cl. The number of halogens is 1. The Morgan fingerprint density at radius 1 is 1.46 bits per heavy atom. The van der Waals surface area contributed by atoms with Crippen LogP contribution in [0, 0.1) is 0 Å². The Hall–Kier alpha value is -2.38. The highest BCUT2D eigenvalue weighted by molar-refractivity contribution is 6.32. The van der Waals surface area contributed by atoms with Crippen molar-refractivity contribution in [3.63, 3.8) is 0 Å². The molecular weight excluding hydrogens is 330 g/mol. The molecule has 1 saturated heterocycles. The Morgan fingerprint density at radius 2 is 2.33 bits per heavy atom. The lowest BCUT2D eigenvalue weighted by atomic mass is 10.2. The van der Waals surface area contributed by atoms with Gasteiger partial charge in [-0.3, -0.25) is 4.79 Å². The second-order valence-electron chi connectivity index (χ2n) is 5.77. The largest absolute Gasteiger partial charge is 0.377 e. The number of rotatable bonds is 2. The third-order valence-corrected chi connectivity index (χ3v) is 4.53. The van der Waals surface area contributed by atoms with E-state index in [4.69, 9.17) is 16.3 Å². The van der Waals surface area contributed by atoms with Crippen LogP contribution in [-0.2, 0) is 4.74 Å². The highest BCUT2D eigenvalue weighted by atomic mass is 35.5. The van der Waals surface area contributed by atoms with Gasteiger partial charge in [0.25, 0.3) is 5.56 Å². The van der Waals surface area contributed by atoms with Crippen LogP contribution in [0.25, 0.3) is 22.4 Å². The molecule has 4 rings (SSSR count). The number of H-pyrrole nitrogens is 2. The lowest BCUT2D eigenvalue weighted by Crippen LogP contribution is -2.44. The molecule has 1 atom stereocenters. The Kier molecular flexibility index (Phi) is 3.74. The second-order valence-corrected chi connectivity index (χ2v) is 6.15. The maximum absolute atomic E-state index is 12.3. The molecule has 7 nitrogen and oxygen atoms in total. The fraction of sp³-hybridized carbons (Fsp3) is 0.312. The fourth-order valence-corrected chi connectivity index (χ4v) is 3.16. The predicted molar refractivity (Wildman–Crippen MR) is 92.6 cm³/mol. The number of hydrogen-bond donors (Lipinski definition) is 2. The third-order valence-electron chi connectivity index (χ3n) is 4.19. The van der Waals surface area contributed by atoms with Gasteiger partial charge in [-0.25, -0.2) is 9.97 Å². The molecule has 24 heavy (non-hydrogen) atoms. The van der Waals surface area contributed by atoms with Crippen molar-refractivity contribution in [3.05, 3.63) is 39.9 Å². The van der Waals surface area contributed by atoms with Gasteiger partial charge in [0.05, 0.1) is 19.3 Å². The van der Waals surface area contributed by atoms with E-state index >= 15 is 0 Å². The van der Waals surface area contributed by atoms with Gasteiger partial charge in [-0.2, -0.15) is 0 Å². The molecule has 0 amide bonds. The van der Waals surface area contributed by atoms with Crippen LogP contribution in [-0.4, -0.2) is 45.7 Å². The van der Waals surface area contributed by atoms with Gasteiger partial charge >= 0.3 is 0 Å². The number of ether oxygens (including phenoxy) is 1. The van der Waals surface area contributed by atoms with E-state index in [2.05, 4.69) is 19.9 Å². The number of aromatic nitrogens is 4. The topological polar surface area (TPSA) is 86.9 Å². The van der Waals surface area contributed by atoms with E-state index in [0.29, 0.717) is 31.4 Å². The van der Waals surface area contributed by atoms with Crippen LogP contribution in [0.4, 0.5) is 5.82 Å². The van der Waals surface area contributed by atoms with Crippen LogP contribution in [0.5, 0.6) is 0 Å². The van der Waals surface area contributed by atoms with Crippen LogP contribution < -0.4 is 10.5 Å². The highest BCUT2D eigenvalue weighted by Gasteiger charge is 2.25. The Labute approximate surface area is 142 Å². The molecular formula is C16H16ClN5O2. The number of nitrogens with zero attached hydrogens (tertiary/aromatic N) is 3. The van der Waals surface area contributed by atoms with E-state index in [-0.39, 0.29) is 16.6 Å². The van der Waals surface area contributed by atoms with Crippen LogP contribution >= 0.6 is 11.6 Å². The molecule has 1 aliphatic rings. The van der Waals surface area contributed by atoms with E-state index in [9.17, 15) is 4.79 Å². The van der Waals surface area contributed by atoms with Crippen LogP contribution in [0.15, 0.2) is 29.3 Å². The number of fused-ring (bicyclic) bond motifs is 1. The molecule has 0 spiro atoms. The molecule has 3 aromatic heterocycles. The molecule has 4 heterocycles. The van der Waals surface area contributed by atoms with Gasteiger partial charge in [0.1, 0.15) is 16.5 Å². The Bertz CT molecular complexity index is 951. The molecule has 3 aromatic rings. The number of hydrogen-bond acceptors (Lipinski definition) is 5. The number of aromatic amines is 2. The lowest BCUT2D eigenvalue weighted by Gasteiger charge is -2.34. The molecule has 2 N–H and O–H groups in total. The first kappa shape index (κ1) is 15.2. The standard InChI is InChI=1S/C16H16ClN5O2/c1-9-8-24-6-5-22(9)15-12(17)16(23)21-14(20-15)11-7-19-13-10(11)3-2-4-18-13/h2-4,7,9H,5-6,8H2,1H3,(H,18,19)(H,20,21,23). The van der Waals surface area contributed by atoms with Crippen molar-refractivity contribution >= 4 is 28.5 Å². The molecule has 1 fully saturated rings. The van der Waals surface area contributed by atoms with Crippen molar-refractivity contribution < 1.29 is 4.74 Å². The smallest absolute Gasteiger partial charge is 0.272 e. The van der Waals surface area contributed by atoms with Crippen molar-refractivity contribution in [2.75, 3.05) is 24.7 Å². The first-order valence-corrected chi connectivity index (χ1v) is 8.09. The van der Waals surface area contributed by atoms with Crippen LogP contribution in [0.3, 0.4) is 0 Å². The summed E-state index contributed by atoms with van der Waals surface area (Å²) in [6, 6.07) is 3.88. The molecule has 1 unspecified atom stereocenters. The van der Waals surface area contributed by atoms with Gasteiger partial charge in [-0.05, 0) is 19.1 Å². The molecule has 0 bridgehead atoms. The fourth-order valence-electron chi connectivity index (χ4n) is 2.96. The predicted octanol–water partition coefficient (Wildman–Crippen LogP) is 2.19. The quantitative estimate of drug-likeness (QED) is 0.743. The van der Waals surface area contributed by atoms with Gasteiger partial charge in [-0.15, -0.1) is 0 Å². The minimum absolute atomic E-state index is 0.100. The number of pyridine rings is 1. The average molecular weight is 346 g/mol. The Balaban J connectivity index is 1.87. The maximum Gasteiger partial charge on any atom is 0.272 e. The lowest BCUT2D eigenvalue weighted by molar-refractivity contribution is 0.0985. The number of morpholine rings is 1. The van der Waals surface area contributed by atoms with Crippen molar-refractivity contribution in [2.45, 2.75) is 13.0 Å². The maximum atomic E-state index is 12.3. The van der Waals surface area contributed by atoms with Crippen LogP contribution in [0.1, 0.15) is 6.92 Å². The summed E-state index contributed by atoms with van der Waals surface area (Å²) in [5.41, 5.74) is 1.18. The van der Waals surface area contributed by atoms with E-state index in [0.717, 1.165) is 16.6 Å². The van der Waals surface area contributed by atoms with Gasteiger partial charge in [0.15, 0.2) is 5.82 Å². The molecule has 0 aliphatic carbocycles. The minimum atomic E-state index is -0.353. The summed E-state index contributed by atoms with van der Waals surface area (Å²) < 4.78 is 5.45. The second kappa shape index (κ2) is 5.92. The normalized spacial score (nSPS) is 18.2. The van der Waals surface area contributed by atoms with Crippen molar-refractivity contribution in [3.8, 4) is 11.4 Å². The van der Waals surface area contributed by atoms with Crippen molar-refractivity contribution in [1.29, 1.82) is 0 Å². The molecule has 0 radical (unpaired) electrons. The molecule has 0 saturated carbocycles. The first-order valence-electron chi connectivity index (χ1n) is 7.72. The molecule has 1 aliphatic heterocycles. The summed E-state index contributed by atoms with van der Waals surface area (Å²) in [4.78, 5) is 29.1.